The molecule has 2 aliphatic rings. The Morgan fingerprint density at radius 1 is 1.32 bits per heavy atom. The van der Waals surface area contributed by atoms with E-state index in [-0.39, 0.29) is 24.2 Å². The van der Waals surface area contributed by atoms with Gasteiger partial charge in [-0.2, -0.15) is 0 Å². The Bertz CT molecular complexity index is 818. The predicted octanol–water partition coefficient (Wildman–Crippen LogP) is 2.51. The van der Waals surface area contributed by atoms with Gasteiger partial charge in [0.25, 0.3) is 0 Å². The van der Waals surface area contributed by atoms with Crippen molar-refractivity contribution in [2.75, 3.05) is 33.4 Å². The second-order valence-electron chi connectivity index (χ2n) is 8.01. The normalized spacial score (nSPS) is 22.0. The highest BCUT2D eigenvalue weighted by Crippen LogP contribution is 2.39. The number of hydrogen-bond acceptors (Lipinski definition) is 5. The minimum Gasteiger partial charge on any atom is -0.375 e. The van der Waals surface area contributed by atoms with E-state index in [1.807, 2.05) is 12.3 Å². The molecule has 1 amide bonds. The molecule has 2 fully saturated rings. The Morgan fingerprint density at radius 3 is 3.00 bits per heavy atom. The summed E-state index contributed by atoms with van der Waals surface area (Å²) in [6, 6.07) is 10.6. The van der Waals surface area contributed by atoms with Crippen molar-refractivity contribution in [3.05, 3.63) is 42.1 Å². The van der Waals surface area contributed by atoms with Gasteiger partial charge >= 0.3 is 0 Å². The average Bonchev–Trinajstić information content (AvgIpc) is 3.11. The van der Waals surface area contributed by atoms with Crippen LogP contribution >= 0.6 is 0 Å². The summed E-state index contributed by atoms with van der Waals surface area (Å²) in [4.78, 5) is 18.5. The Hall–Kier alpha value is -2.02. The van der Waals surface area contributed by atoms with E-state index in [0.29, 0.717) is 6.54 Å². The van der Waals surface area contributed by atoms with Gasteiger partial charge in [0.2, 0.25) is 5.91 Å². The Kier molecular flexibility index (Phi) is 5.90. The van der Waals surface area contributed by atoms with E-state index in [9.17, 15) is 4.79 Å². The minimum absolute atomic E-state index is 0.00189. The first-order valence-corrected chi connectivity index (χ1v) is 10.2. The molecular weight excluding hydrogens is 354 g/mol. The van der Waals surface area contributed by atoms with Crippen LogP contribution in [0.1, 0.15) is 31.2 Å². The molecule has 2 saturated heterocycles. The molecule has 1 aromatic heterocycles. The molecule has 6 nitrogen and oxygen atoms in total. The summed E-state index contributed by atoms with van der Waals surface area (Å²) in [5.41, 5.74) is 2.37. The number of amides is 1. The number of hydrogen-bond donors (Lipinski definition) is 1. The largest absolute Gasteiger partial charge is 0.375 e. The number of nitrogens with one attached hydrogen (secondary N) is 1. The molecule has 3 heterocycles. The first-order valence-electron chi connectivity index (χ1n) is 10.2. The molecule has 6 heteroatoms. The van der Waals surface area contributed by atoms with Crippen molar-refractivity contribution in [3.8, 4) is 0 Å². The van der Waals surface area contributed by atoms with Crippen LogP contribution in [0, 0.1) is 0 Å². The van der Waals surface area contributed by atoms with E-state index < -0.39 is 0 Å². The first-order chi connectivity index (χ1) is 13.7. The van der Waals surface area contributed by atoms with Crippen molar-refractivity contribution in [2.24, 2.45) is 0 Å². The lowest BCUT2D eigenvalue weighted by molar-refractivity contribution is -0.126. The summed E-state index contributed by atoms with van der Waals surface area (Å²) in [6.45, 7) is 3.74. The highest BCUT2D eigenvalue weighted by molar-refractivity contribution is 5.78. The van der Waals surface area contributed by atoms with Crippen LogP contribution in [0.4, 0.5) is 0 Å². The number of ether oxygens (including phenoxy) is 2. The molecular formula is C22H29N3O3. The zero-order chi connectivity index (χ0) is 19.4. The van der Waals surface area contributed by atoms with Gasteiger partial charge in [0, 0.05) is 44.9 Å². The maximum absolute atomic E-state index is 11.6. The van der Waals surface area contributed by atoms with Crippen molar-refractivity contribution in [2.45, 2.75) is 43.9 Å². The molecule has 1 spiro atoms. The molecule has 0 aliphatic carbocycles. The number of carbonyl (C=O) groups excluding carboxylic acids is 1. The van der Waals surface area contributed by atoms with Crippen LogP contribution in [-0.2, 0) is 20.8 Å². The van der Waals surface area contributed by atoms with E-state index >= 15 is 0 Å². The number of methoxy groups -OCH3 is 1. The standard InChI is InChI=1S/C22H29N3O3/c1-27-16-21(26)24-14-19-6-7-22(28-19)8-11-25(12-9-22)15-17-4-5-18-3-2-10-23-20(18)13-17/h2-5,10,13,19H,6-9,11-12,14-16H2,1H3,(H,24,26)/t19-/m1/s1. The SMILES string of the molecule is COCC(=O)NC[C@H]1CCC2(CCN(Cc3ccc4cccnc4c3)CC2)O1. The highest BCUT2D eigenvalue weighted by atomic mass is 16.5. The van der Waals surface area contributed by atoms with Crippen LogP contribution in [0.15, 0.2) is 36.5 Å². The van der Waals surface area contributed by atoms with E-state index in [1.165, 1.54) is 18.1 Å². The smallest absolute Gasteiger partial charge is 0.246 e. The number of pyridine rings is 1. The van der Waals surface area contributed by atoms with E-state index in [1.54, 1.807) is 0 Å². The molecule has 1 N–H and O–H groups in total. The van der Waals surface area contributed by atoms with Gasteiger partial charge in [0.1, 0.15) is 6.61 Å². The third-order valence-corrected chi connectivity index (χ3v) is 5.98. The topological polar surface area (TPSA) is 63.7 Å². The lowest BCUT2D eigenvalue weighted by Gasteiger charge is -2.39. The second kappa shape index (κ2) is 8.55. The van der Waals surface area contributed by atoms with Crippen molar-refractivity contribution < 1.29 is 14.3 Å². The predicted molar refractivity (Wildman–Crippen MR) is 108 cm³/mol. The van der Waals surface area contributed by atoms with E-state index in [0.717, 1.165) is 50.8 Å². The third-order valence-electron chi connectivity index (χ3n) is 5.98. The molecule has 0 radical (unpaired) electrons. The average molecular weight is 383 g/mol. The number of carbonyl (C=O) groups is 1. The Morgan fingerprint density at radius 2 is 2.18 bits per heavy atom. The number of aromatic nitrogens is 1. The summed E-state index contributed by atoms with van der Waals surface area (Å²) in [5.74, 6) is -0.0771. The van der Waals surface area contributed by atoms with Gasteiger partial charge in [0.05, 0.1) is 17.2 Å². The highest BCUT2D eigenvalue weighted by Gasteiger charge is 2.42. The van der Waals surface area contributed by atoms with Gasteiger partial charge in [-0.3, -0.25) is 14.7 Å². The van der Waals surface area contributed by atoms with Crippen molar-refractivity contribution >= 4 is 16.8 Å². The molecule has 0 unspecified atom stereocenters. The molecule has 0 saturated carbocycles. The molecule has 150 valence electrons. The molecule has 0 bridgehead atoms. The molecule has 2 aromatic rings. The maximum atomic E-state index is 11.6. The van der Waals surface area contributed by atoms with Gasteiger partial charge in [-0.05, 0) is 43.4 Å². The molecule has 4 rings (SSSR count). The number of benzene rings is 1. The van der Waals surface area contributed by atoms with Gasteiger partial charge in [-0.25, -0.2) is 0 Å². The number of fused-ring (bicyclic) bond motifs is 1. The summed E-state index contributed by atoms with van der Waals surface area (Å²) in [7, 11) is 1.53. The summed E-state index contributed by atoms with van der Waals surface area (Å²) in [6.07, 6.45) is 6.19. The minimum atomic E-state index is -0.0771. The Labute approximate surface area is 166 Å². The zero-order valence-electron chi connectivity index (χ0n) is 16.5. The van der Waals surface area contributed by atoms with Crippen molar-refractivity contribution in [1.29, 1.82) is 0 Å². The van der Waals surface area contributed by atoms with E-state index in [4.69, 9.17) is 9.47 Å². The summed E-state index contributed by atoms with van der Waals surface area (Å²) < 4.78 is 11.2. The number of nitrogens with zero attached hydrogens (tertiary/aromatic N) is 2. The monoisotopic (exact) mass is 383 g/mol. The van der Waals surface area contributed by atoms with Gasteiger partial charge < -0.3 is 14.8 Å². The third kappa shape index (κ3) is 4.51. The van der Waals surface area contributed by atoms with Crippen LogP contribution in [0.3, 0.4) is 0 Å². The van der Waals surface area contributed by atoms with Gasteiger partial charge in [-0.1, -0.05) is 18.2 Å². The quantitative estimate of drug-likeness (QED) is 0.830. The molecule has 28 heavy (non-hydrogen) atoms. The fourth-order valence-electron chi connectivity index (χ4n) is 4.40. The lowest BCUT2D eigenvalue weighted by atomic mass is 9.88. The lowest BCUT2D eigenvalue weighted by Crippen LogP contribution is -2.45. The number of likely N-dealkylation sites (tertiary alicyclic amines) is 1. The molecule has 2 aliphatic heterocycles. The van der Waals surface area contributed by atoms with E-state index in [2.05, 4.69) is 39.5 Å². The van der Waals surface area contributed by atoms with Crippen LogP contribution in [-0.4, -0.2) is 60.8 Å². The zero-order valence-corrected chi connectivity index (χ0v) is 16.5. The van der Waals surface area contributed by atoms with Crippen LogP contribution in [0.25, 0.3) is 10.9 Å². The summed E-state index contributed by atoms with van der Waals surface area (Å²) >= 11 is 0. The first kappa shape index (κ1) is 19.3. The fourth-order valence-corrected chi connectivity index (χ4v) is 4.40. The number of piperidine rings is 1. The fraction of sp³-hybridized carbons (Fsp3) is 0.545. The van der Waals surface area contributed by atoms with Crippen LogP contribution in [0.5, 0.6) is 0 Å². The van der Waals surface area contributed by atoms with Gasteiger partial charge in [0.15, 0.2) is 0 Å². The van der Waals surface area contributed by atoms with Crippen molar-refractivity contribution in [3.63, 3.8) is 0 Å². The summed E-state index contributed by atoms with van der Waals surface area (Å²) in [5, 5.41) is 4.09. The molecule has 1 atom stereocenters. The maximum Gasteiger partial charge on any atom is 0.246 e. The Balaban J connectivity index is 1.26. The van der Waals surface area contributed by atoms with Crippen molar-refractivity contribution in [1.82, 2.24) is 15.2 Å². The number of rotatable bonds is 6. The van der Waals surface area contributed by atoms with Crippen LogP contribution < -0.4 is 5.32 Å². The second-order valence-corrected chi connectivity index (χ2v) is 8.01. The van der Waals surface area contributed by atoms with Gasteiger partial charge in [-0.15, -0.1) is 0 Å². The molecule has 1 aromatic carbocycles. The van der Waals surface area contributed by atoms with Crippen LogP contribution in [0.2, 0.25) is 0 Å².